The van der Waals surface area contributed by atoms with Crippen LogP contribution in [-0.2, 0) is 0 Å². The highest BCUT2D eigenvalue weighted by Crippen LogP contribution is 2.44. The van der Waals surface area contributed by atoms with E-state index in [-0.39, 0.29) is 0 Å². The van der Waals surface area contributed by atoms with Crippen LogP contribution in [0.4, 0.5) is 0 Å². The van der Waals surface area contributed by atoms with Gasteiger partial charge in [-0.3, -0.25) is 4.98 Å². The van der Waals surface area contributed by atoms with Gasteiger partial charge < -0.3 is 8.98 Å². The van der Waals surface area contributed by atoms with Gasteiger partial charge in [0, 0.05) is 33.5 Å². The van der Waals surface area contributed by atoms with Gasteiger partial charge in [0.25, 0.3) is 0 Å². The highest BCUT2D eigenvalue weighted by molar-refractivity contribution is 6.10. The zero-order valence-electron chi connectivity index (χ0n) is 27.0. The Balaban J connectivity index is 1.31. The first kappa shape index (κ1) is 28.3. The molecule has 0 fully saturated rings. The number of para-hydroxylation sites is 2. The Morgan fingerprint density at radius 3 is 1.80 bits per heavy atom. The van der Waals surface area contributed by atoms with Crippen molar-refractivity contribution in [1.82, 2.24) is 14.5 Å². The van der Waals surface area contributed by atoms with Gasteiger partial charge in [-0.15, -0.1) is 0 Å². The fraction of sp³-hybridized carbons (Fsp3) is 0. The summed E-state index contributed by atoms with van der Waals surface area (Å²) in [6.07, 6.45) is 1.81. The van der Waals surface area contributed by atoms with Crippen LogP contribution >= 0.6 is 0 Å². The number of pyridine rings is 1. The first-order valence-electron chi connectivity index (χ1n) is 16.8. The number of aromatic nitrogens is 3. The number of benzene rings is 7. The molecule has 7 aromatic carbocycles. The van der Waals surface area contributed by atoms with Crippen molar-refractivity contribution in [3.8, 4) is 50.5 Å². The molecule has 0 aliphatic rings. The lowest BCUT2D eigenvalue weighted by molar-refractivity contribution is 0.620. The molecular weight excluding hydrogens is 611 g/mol. The fourth-order valence-corrected chi connectivity index (χ4v) is 7.37. The van der Waals surface area contributed by atoms with Crippen molar-refractivity contribution < 1.29 is 4.42 Å². The molecule has 50 heavy (non-hydrogen) atoms. The molecular formula is C46H29N3O. The molecule has 0 unspecified atom stereocenters. The highest BCUT2D eigenvalue weighted by atomic mass is 16.3. The summed E-state index contributed by atoms with van der Waals surface area (Å²) in [4.78, 5) is 9.78. The van der Waals surface area contributed by atoms with Gasteiger partial charge in [-0.05, 0) is 70.3 Å². The third-order valence-electron chi connectivity index (χ3n) is 9.68. The van der Waals surface area contributed by atoms with Crippen molar-refractivity contribution >= 4 is 43.8 Å². The Kier molecular flexibility index (Phi) is 6.46. The molecule has 0 atom stereocenters. The molecule has 3 heterocycles. The Morgan fingerprint density at radius 1 is 0.460 bits per heavy atom. The smallest absolute Gasteiger partial charge is 0.227 e. The van der Waals surface area contributed by atoms with Gasteiger partial charge in [0.05, 0.1) is 22.2 Å². The molecule has 10 aromatic rings. The van der Waals surface area contributed by atoms with Crippen molar-refractivity contribution in [2.45, 2.75) is 0 Å². The molecule has 0 N–H and O–H groups in total. The summed E-state index contributed by atoms with van der Waals surface area (Å²) in [5, 5.41) is 3.45. The standard InChI is InChI=1S/C46H29N3O/c1-3-12-30(13-4-1)31-21-23-32(24-22-31)38-28-35(46-48-45-42(50-46)26-25-34-16-11-27-47-44(34)45)29-41(43(38)33-14-5-2-6-15-33)49-39-19-9-7-17-36(39)37-18-8-10-20-40(37)49/h1-29H. The van der Waals surface area contributed by atoms with E-state index in [1.165, 1.54) is 21.9 Å². The Morgan fingerprint density at radius 2 is 1.08 bits per heavy atom. The second-order valence-corrected chi connectivity index (χ2v) is 12.6. The van der Waals surface area contributed by atoms with Gasteiger partial charge >= 0.3 is 0 Å². The average molecular weight is 640 g/mol. The number of oxazole rings is 1. The van der Waals surface area contributed by atoms with Crippen LogP contribution in [0.5, 0.6) is 0 Å². The molecule has 0 saturated carbocycles. The molecule has 0 radical (unpaired) electrons. The number of hydrogen-bond acceptors (Lipinski definition) is 3. The van der Waals surface area contributed by atoms with Gasteiger partial charge in [-0.1, -0.05) is 127 Å². The third kappa shape index (κ3) is 4.54. The van der Waals surface area contributed by atoms with Crippen LogP contribution < -0.4 is 0 Å². The number of nitrogens with zero attached hydrogens (tertiary/aromatic N) is 3. The molecule has 234 valence electrons. The summed E-state index contributed by atoms with van der Waals surface area (Å²) in [5.41, 5.74) is 13.4. The van der Waals surface area contributed by atoms with Crippen LogP contribution in [-0.4, -0.2) is 14.5 Å². The summed E-state index contributed by atoms with van der Waals surface area (Å²) in [7, 11) is 0. The topological polar surface area (TPSA) is 43.9 Å². The molecule has 0 aliphatic carbocycles. The van der Waals surface area contributed by atoms with E-state index in [4.69, 9.17) is 9.40 Å². The van der Waals surface area contributed by atoms with Crippen molar-refractivity contribution in [1.29, 1.82) is 0 Å². The van der Waals surface area contributed by atoms with Crippen molar-refractivity contribution in [3.05, 3.63) is 176 Å². The minimum Gasteiger partial charge on any atom is -0.436 e. The first-order valence-corrected chi connectivity index (χ1v) is 16.8. The summed E-state index contributed by atoms with van der Waals surface area (Å²) in [5.74, 6) is 0.557. The minimum atomic E-state index is 0.557. The van der Waals surface area contributed by atoms with Crippen molar-refractivity contribution in [2.75, 3.05) is 0 Å². The van der Waals surface area contributed by atoms with Gasteiger partial charge in [-0.25, -0.2) is 4.98 Å². The Hall–Kier alpha value is -6.78. The largest absolute Gasteiger partial charge is 0.436 e. The summed E-state index contributed by atoms with van der Waals surface area (Å²) in [6, 6.07) is 59.9. The van der Waals surface area contributed by atoms with E-state index in [9.17, 15) is 0 Å². The van der Waals surface area contributed by atoms with E-state index in [0.717, 1.165) is 61.0 Å². The monoisotopic (exact) mass is 639 g/mol. The van der Waals surface area contributed by atoms with E-state index in [0.29, 0.717) is 11.5 Å². The number of rotatable bonds is 5. The van der Waals surface area contributed by atoms with E-state index < -0.39 is 0 Å². The van der Waals surface area contributed by atoms with E-state index in [2.05, 4.69) is 161 Å². The van der Waals surface area contributed by atoms with Gasteiger partial charge in [0.2, 0.25) is 5.89 Å². The fourth-order valence-electron chi connectivity index (χ4n) is 7.37. The molecule has 0 spiro atoms. The van der Waals surface area contributed by atoms with Crippen LogP contribution in [0.25, 0.3) is 94.3 Å². The van der Waals surface area contributed by atoms with Gasteiger partial charge in [0.15, 0.2) is 5.58 Å². The Labute approximate surface area is 288 Å². The third-order valence-corrected chi connectivity index (χ3v) is 9.68. The van der Waals surface area contributed by atoms with Crippen LogP contribution in [0.3, 0.4) is 0 Å². The maximum absolute atomic E-state index is 6.56. The first-order chi connectivity index (χ1) is 24.8. The zero-order chi connectivity index (χ0) is 33.0. The van der Waals surface area contributed by atoms with Crippen molar-refractivity contribution in [3.63, 3.8) is 0 Å². The molecule has 3 aromatic heterocycles. The summed E-state index contributed by atoms with van der Waals surface area (Å²) < 4.78 is 8.96. The molecule has 4 nitrogen and oxygen atoms in total. The number of fused-ring (bicyclic) bond motifs is 6. The molecule has 4 heteroatoms. The zero-order valence-corrected chi connectivity index (χ0v) is 27.0. The minimum absolute atomic E-state index is 0.557. The maximum Gasteiger partial charge on any atom is 0.227 e. The van der Waals surface area contributed by atoms with Gasteiger partial charge in [-0.2, -0.15) is 0 Å². The van der Waals surface area contributed by atoms with Crippen LogP contribution in [0.15, 0.2) is 180 Å². The molecule has 0 amide bonds. The Bertz CT molecular complexity index is 2800. The second kappa shape index (κ2) is 11.4. The molecule has 0 aliphatic heterocycles. The van der Waals surface area contributed by atoms with E-state index in [1.54, 1.807) is 0 Å². The lowest BCUT2D eigenvalue weighted by Crippen LogP contribution is -2.01. The maximum atomic E-state index is 6.56. The van der Waals surface area contributed by atoms with Gasteiger partial charge in [0.1, 0.15) is 5.52 Å². The highest BCUT2D eigenvalue weighted by Gasteiger charge is 2.22. The molecule has 0 bridgehead atoms. The number of hydrogen-bond donors (Lipinski definition) is 0. The lowest BCUT2D eigenvalue weighted by Gasteiger charge is -2.20. The average Bonchev–Trinajstić information content (AvgIpc) is 3.78. The van der Waals surface area contributed by atoms with Crippen LogP contribution in [0, 0.1) is 0 Å². The van der Waals surface area contributed by atoms with Crippen LogP contribution in [0.2, 0.25) is 0 Å². The van der Waals surface area contributed by atoms with Crippen molar-refractivity contribution in [2.24, 2.45) is 0 Å². The summed E-state index contributed by atoms with van der Waals surface area (Å²) in [6.45, 7) is 0. The second-order valence-electron chi connectivity index (χ2n) is 12.6. The van der Waals surface area contributed by atoms with Crippen LogP contribution in [0.1, 0.15) is 0 Å². The molecule has 10 rings (SSSR count). The predicted octanol–water partition coefficient (Wildman–Crippen LogP) is 12.1. The molecule has 0 saturated heterocycles. The summed E-state index contributed by atoms with van der Waals surface area (Å²) >= 11 is 0. The normalized spacial score (nSPS) is 11.6. The van der Waals surface area contributed by atoms with E-state index >= 15 is 0 Å². The SMILES string of the molecule is c1ccc(-c2ccc(-c3cc(-c4nc5c(ccc6cccnc65)o4)cc(-n4c5ccccc5c5ccccc54)c3-c3ccccc3)cc2)cc1. The van der Waals surface area contributed by atoms with E-state index in [1.807, 2.05) is 24.4 Å². The quantitative estimate of drug-likeness (QED) is 0.188. The lowest BCUT2D eigenvalue weighted by atomic mass is 9.90. The predicted molar refractivity (Wildman–Crippen MR) is 205 cm³/mol.